The van der Waals surface area contributed by atoms with Gasteiger partial charge >= 0.3 is 0 Å². The van der Waals surface area contributed by atoms with Crippen molar-refractivity contribution < 1.29 is 21.2 Å². The molecule has 22 heavy (non-hydrogen) atoms. The van der Waals surface area contributed by atoms with E-state index >= 15 is 0 Å². The second-order valence-corrected chi connectivity index (χ2v) is 9.35. The summed E-state index contributed by atoms with van der Waals surface area (Å²) in [4.78, 5) is -0.178. The van der Waals surface area contributed by atoms with Crippen LogP contribution in [-0.2, 0) is 20.0 Å². The van der Waals surface area contributed by atoms with Gasteiger partial charge in [-0.3, -0.25) is 0 Å². The second-order valence-electron chi connectivity index (χ2n) is 4.78. The number of piperazine rings is 1. The Hall–Kier alpha value is -0.740. The Balaban J connectivity index is 2.20. The number of benzene rings is 1. The summed E-state index contributed by atoms with van der Waals surface area (Å²) < 4.78 is 64.0. The first kappa shape index (κ1) is 17.6. The molecule has 0 aromatic heterocycles. The van der Waals surface area contributed by atoms with Crippen LogP contribution in [0.4, 0.5) is 4.39 Å². The normalized spacial score (nSPS) is 18.5. The van der Waals surface area contributed by atoms with E-state index in [1.807, 2.05) is 0 Å². The molecule has 1 aliphatic heterocycles. The molecule has 1 fully saturated rings. The number of nitrogens with zero attached hydrogens (tertiary/aromatic N) is 2. The molecular formula is C12H16ClFN2O4S2. The third kappa shape index (κ3) is 3.43. The Labute approximate surface area is 134 Å². The van der Waals surface area contributed by atoms with Gasteiger partial charge in [-0.05, 0) is 25.1 Å². The summed E-state index contributed by atoms with van der Waals surface area (Å²) in [7, 11) is -7.20. The van der Waals surface area contributed by atoms with Gasteiger partial charge in [-0.1, -0.05) is 11.6 Å². The monoisotopic (exact) mass is 370 g/mol. The van der Waals surface area contributed by atoms with Crippen molar-refractivity contribution in [2.24, 2.45) is 0 Å². The Morgan fingerprint density at radius 3 is 2.14 bits per heavy atom. The van der Waals surface area contributed by atoms with Gasteiger partial charge in [-0.25, -0.2) is 21.2 Å². The molecule has 0 amide bonds. The third-order valence-electron chi connectivity index (χ3n) is 3.47. The van der Waals surface area contributed by atoms with Crippen LogP contribution < -0.4 is 0 Å². The van der Waals surface area contributed by atoms with Gasteiger partial charge in [0.2, 0.25) is 20.0 Å². The maximum Gasteiger partial charge on any atom is 0.244 e. The molecule has 1 heterocycles. The van der Waals surface area contributed by atoms with Gasteiger partial charge < -0.3 is 0 Å². The van der Waals surface area contributed by atoms with Crippen LogP contribution in [0.1, 0.15) is 6.92 Å². The van der Waals surface area contributed by atoms with Crippen LogP contribution in [0.3, 0.4) is 0 Å². The minimum Gasteiger partial charge on any atom is -0.212 e. The molecule has 0 spiro atoms. The standard InChI is InChI=1S/C12H16ClFN2O4S2/c1-2-21(17,18)15-5-7-16(8-6-15)22(19,20)12-4-3-10(14)9-11(12)13/h3-4,9H,2,5-8H2,1H3. The van der Waals surface area contributed by atoms with E-state index in [2.05, 4.69) is 0 Å². The van der Waals surface area contributed by atoms with E-state index in [-0.39, 0.29) is 41.8 Å². The highest BCUT2D eigenvalue weighted by atomic mass is 35.5. The Morgan fingerprint density at radius 2 is 1.64 bits per heavy atom. The quantitative estimate of drug-likeness (QED) is 0.796. The van der Waals surface area contributed by atoms with Crippen molar-refractivity contribution in [1.82, 2.24) is 8.61 Å². The highest BCUT2D eigenvalue weighted by molar-refractivity contribution is 7.89. The Bertz CT molecular complexity index is 759. The zero-order valence-corrected chi connectivity index (χ0v) is 14.3. The largest absolute Gasteiger partial charge is 0.244 e. The van der Waals surface area contributed by atoms with E-state index < -0.39 is 25.9 Å². The second kappa shape index (κ2) is 6.40. The van der Waals surface area contributed by atoms with E-state index in [4.69, 9.17) is 11.6 Å². The van der Waals surface area contributed by atoms with Crippen molar-refractivity contribution in [3.63, 3.8) is 0 Å². The minimum absolute atomic E-state index is 0.0243. The molecule has 1 aliphatic rings. The van der Waals surface area contributed by atoms with Crippen LogP contribution in [0.2, 0.25) is 5.02 Å². The molecule has 1 aromatic carbocycles. The van der Waals surface area contributed by atoms with E-state index in [0.717, 1.165) is 22.5 Å². The van der Waals surface area contributed by atoms with Crippen molar-refractivity contribution >= 4 is 31.6 Å². The summed E-state index contributed by atoms with van der Waals surface area (Å²) in [5.41, 5.74) is 0. The van der Waals surface area contributed by atoms with Crippen LogP contribution in [-0.4, -0.2) is 57.4 Å². The predicted octanol–water partition coefficient (Wildman–Crippen LogP) is 1.14. The van der Waals surface area contributed by atoms with Crippen molar-refractivity contribution in [3.05, 3.63) is 29.0 Å². The van der Waals surface area contributed by atoms with Gasteiger partial charge in [0.15, 0.2) is 0 Å². The van der Waals surface area contributed by atoms with Gasteiger partial charge in [-0.2, -0.15) is 8.61 Å². The SMILES string of the molecule is CCS(=O)(=O)N1CCN(S(=O)(=O)c2ccc(F)cc2Cl)CC1. The zero-order valence-electron chi connectivity index (χ0n) is 11.9. The fourth-order valence-corrected chi connectivity index (χ4v) is 5.21. The predicted molar refractivity (Wildman–Crippen MR) is 81.2 cm³/mol. The highest BCUT2D eigenvalue weighted by Gasteiger charge is 2.33. The van der Waals surface area contributed by atoms with E-state index in [1.165, 1.54) is 11.2 Å². The Morgan fingerprint density at radius 1 is 1.09 bits per heavy atom. The van der Waals surface area contributed by atoms with Crippen molar-refractivity contribution in [2.45, 2.75) is 11.8 Å². The molecule has 2 rings (SSSR count). The van der Waals surface area contributed by atoms with Gasteiger partial charge in [0.1, 0.15) is 10.7 Å². The molecule has 124 valence electrons. The number of hydrogen-bond donors (Lipinski definition) is 0. The third-order valence-corrected chi connectivity index (χ3v) is 7.73. The number of sulfonamides is 2. The Kier molecular flexibility index (Phi) is 5.13. The average Bonchev–Trinajstić information content (AvgIpc) is 2.47. The molecule has 0 N–H and O–H groups in total. The molecule has 0 saturated carbocycles. The number of rotatable bonds is 4. The lowest BCUT2D eigenvalue weighted by Gasteiger charge is -2.33. The first-order valence-electron chi connectivity index (χ1n) is 6.61. The summed E-state index contributed by atoms with van der Waals surface area (Å²) in [6, 6.07) is 3.07. The highest BCUT2D eigenvalue weighted by Crippen LogP contribution is 2.26. The summed E-state index contributed by atoms with van der Waals surface area (Å²) in [5, 5.41) is -0.191. The lowest BCUT2D eigenvalue weighted by atomic mass is 10.3. The molecule has 0 aliphatic carbocycles. The molecular weight excluding hydrogens is 355 g/mol. The molecule has 1 saturated heterocycles. The molecule has 0 radical (unpaired) electrons. The van der Waals surface area contributed by atoms with Crippen LogP contribution >= 0.6 is 11.6 Å². The number of hydrogen-bond acceptors (Lipinski definition) is 4. The molecule has 0 atom stereocenters. The van der Waals surface area contributed by atoms with Gasteiger partial charge in [0.25, 0.3) is 0 Å². The molecule has 0 bridgehead atoms. The van der Waals surface area contributed by atoms with Crippen LogP contribution in [0.5, 0.6) is 0 Å². The summed E-state index contributed by atoms with van der Waals surface area (Å²) in [6.45, 7) is 1.80. The van der Waals surface area contributed by atoms with E-state index in [9.17, 15) is 21.2 Å². The lowest BCUT2D eigenvalue weighted by molar-refractivity contribution is 0.273. The molecule has 0 unspecified atom stereocenters. The van der Waals surface area contributed by atoms with Crippen LogP contribution in [0, 0.1) is 5.82 Å². The maximum absolute atomic E-state index is 13.0. The minimum atomic E-state index is -3.87. The van der Waals surface area contributed by atoms with Gasteiger partial charge in [-0.15, -0.1) is 0 Å². The van der Waals surface area contributed by atoms with E-state index in [1.54, 1.807) is 0 Å². The fraction of sp³-hybridized carbons (Fsp3) is 0.500. The van der Waals surface area contributed by atoms with Crippen molar-refractivity contribution in [2.75, 3.05) is 31.9 Å². The molecule has 1 aromatic rings. The molecule has 10 heteroatoms. The smallest absolute Gasteiger partial charge is 0.212 e. The van der Waals surface area contributed by atoms with E-state index in [0.29, 0.717) is 0 Å². The van der Waals surface area contributed by atoms with Crippen LogP contribution in [0.25, 0.3) is 0 Å². The van der Waals surface area contributed by atoms with Crippen molar-refractivity contribution in [3.8, 4) is 0 Å². The molecule has 6 nitrogen and oxygen atoms in total. The summed E-state index contributed by atoms with van der Waals surface area (Å²) in [6.07, 6.45) is 0. The average molecular weight is 371 g/mol. The van der Waals surface area contributed by atoms with Crippen LogP contribution in [0.15, 0.2) is 23.1 Å². The number of halogens is 2. The van der Waals surface area contributed by atoms with Gasteiger partial charge in [0, 0.05) is 26.2 Å². The zero-order chi connectivity index (χ0) is 16.5. The topological polar surface area (TPSA) is 74.8 Å². The summed E-state index contributed by atoms with van der Waals surface area (Å²) >= 11 is 5.80. The fourth-order valence-electron chi connectivity index (χ4n) is 2.19. The first-order chi connectivity index (χ1) is 10.2. The lowest BCUT2D eigenvalue weighted by Crippen LogP contribution is -2.50. The van der Waals surface area contributed by atoms with Crippen molar-refractivity contribution in [1.29, 1.82) is 0 Å². The first-order valence-corrected chi connectivity index (χ1v) is 10.0. The summed E-state index contributed by atoms with van der Waals surface area (Å²) in [5.74, 6) is -0.647. The van der Waals surface area contributed by atoms with Gasteiger partial charge in [0.05, 0.1) is 10.8 Å². The maximum atomic E-state index is 13.0.